The molecule has 13 unspecified atom stereocenters. The first-order valence-electron chi connectivity index (χ1n) is 24.7. The van der Waals surface area contributed by atoms with Gasteiger partial charge in [-0.15, -0.1) is 0 Å². The van der Waals surface area contributed by atoms with E-state index in [1.54, 1.807) is 0 Å². The summed E-state index contributed by atoms with van der Waals surface area (Å²) in [6.45, 7) is 2.17. The Balaban J connectivity index is 1.98. The Kier molecular flexibility index (Phi) is 32.2. The van der Waals surface area contributed by atoms with Crippen LogP contribution < -0.4 is 0 Å². The van der Waals surface area contributed by atoms with E-state index in [9.17, 15) is 59.9 Å². The minimum atomic E-state index is -5.38. The lowest BCUT2D eigenvalue weighted by atomic mass is 9.84. The molecule has 386 valence electrons. The molecule has 2 rings (SSSR count). The zero-order valence-corrected chi connectivity index (χ0v) is 40.4. The fourth-order valence-corrected chi connectivity index (χ4v) is 8.72. The number of allylic oxidation sites excluding steroid dienone is 4. The van der Waals surface area contributed by atoms with Crippen LogP contribution in [0.1, 0.15) is 168 Å². The van der Waals surface area contributed by atoms with Gasteiger partial charge in [0.25, 0.3) is 0 Å². The third kappa shape index (κ3) is 24.1. The van der Waals surface area contributed by atoms with Crippen LogP contribution in [0.25, 0.3) is 0 Å². The van der Waals surface area contributed by atoms with Gasteiger partial charge in [-0.2, -0.15) is 0 Å². The highest BCUT2D eigenvalue weighted by atomic mass is 31.2. The van der Waals surface area contributed by atoms with E-state index in [4.69, 9.17) is 28.0 Å². The zero-order valence-electron chi connectivity index (χ0n) is 39.5. The second-order valence-corrected chi connectivity index (χ2v) is 19.1. The molecule has 0 amide bonds. The molecule has 0 bridgehead atoms. The maximum atomic E-state index is 13.4. The van der Waals surface area contributed by atoms with Crippen molar-refractivity contribution in [2.45, 2.75) is 241 Å². The third-order valence-electron chi connectivity index (χ3n) is 11.9. The summed E-state index contributed by atoms with van der Waals surface area (Å²) in [6.07, 6.45) is 8.48. The van der Waals surface area contributed by atoms with Crippen molar-refractivity contribution in [2.24, 2.45) is 0 Å². The third-order valence-corrected chi connectivity index (χ3v) is 12.9. The molecule has 1 saturated carbocycles. The number of rotatable bonds is 37. The highest BCUT2D eigenvalue weighted by molar-refractivity contribution is 7.47. The van der Waals surface area contributed by atoms with E-state index in [0.29, 0.717) is 12.8 Å². The normalized spacial score (nSPS) is 28.4. The number of carbonyl (C=O) groups is 2. The lowest BCUT2D eigenvalue weighted by Gasteiger charge is -2.47. The standard InChI is InChI=1S/C47H85O18P/c1-3-5-7-9-11-13-15-17-19-21-23-25-27-29-36(49)60-32-34(62-37(50)30-28-26-24-22-20-18-16-14-12-10-8-6-4-2)33-61-66(58,59)65-46-43(56)41(54)40(53)42(55)45(46)64-47-44(57)39(52)38(51)35(31-48)63-47/h17-20,34-35,38-48,51-57H,3-16,21-33H2,1-2H3,(H,58,59). The number of aliphatic hydroxyl groups is 8. The average Bonchev–Trinajstić information content (AvgIpc) is 3.29. The fraction of sp³-hybridized carbons (Fsp3) is 0.872. The highest BCUT2D eigenvalue weighted by Gasteiger charge is 2.55. The summed E-state index contributed by atoms with van der Waals surface area (Å²) in [6, 6.07) is 0. The number of phosphoric acid groups is 1. The number of aliphatic hydroxyl groups excluding tert-OH is 8. The van der Waals surface area contributed by atoms with Gasteiger partial charge in [-0.25, -0.2) is 4.57 Å². The smallest absolute Gasteiger partial charge is 0.462 e. The van der Waals surface area contributed by atoms with Gasteiger partial charge < -0.3 is 64.7 Å². The van der Waals surface area contributed by atoms with Gasteiger partial charge in [-0.1, -0.05) is 115 Å². The van der Waals surface area contributed by atoms with E-state index < -0.39 is 113 Å². The molecule has 0 aromatic rings. The van der Waals surface area contributed by atoms with Crippen molar-refractivity contribution in [2.75, 3.05) is 19.8 Å². The fourth-order valence-electron chi connectivity index (χ4n) is 7.75. The first-order valence-corrected chi connectivity index (χ1v) is 26.2. The van der Waals surface area contributed by atoms with Crippen molar-refractivity contribution in [1.82, 2.24) is 0 Å². The van der Waals surface area contributed by atoms with Crippen molar-refractivity contribution in [3.8, 4) is 0 Å². The van der Waals surface area contributed by atoms with E-state index in [1.165, 1.54) is 77.0 Å². The number of esters is 2. The number of ether oxygens (including phenoxy) is 4. The molecular weight excluding hydrogens is 883 g/mol. The molecule has 18 nitrogen and oxygen atoms in total. The summed E-state index contributed by atoms with van der Waals surface area (Å²) in [7, 11) is -5.38. The van der Waals surface area contributed by atoms with Crippen molar-refractivity contribution < 1.29 is 87.9 Å². The lowest BCUT2D eigenvalue weighted by Crippen LogP contribution is -2.67. The number of phosphoric ester groups is 1. The summed E-state index contributed by atoms with van der Waals surface area (Å²) < 4.78 is 45.3. The van der Waals surface area contributed by atoms with Crippen molar-refractivity contribution >= 4 is 19.8 Å². The van der Waals surface area contributed by atoms with Crippen LogP contribution in [0.2, 0.25) is 0 Å². The SMILES string of the molecule is CCCCCCCCC=CCCCCCC(=O)OCC(COP(=O)(O)OC1C(O)C(O)C(O)C(O)C1OC1OC(CO)C(O)C(O)C1O)OC(=O)CCCCCC=CCCCCCCCC. The predicted octanol–water partition coefficient (Wildman–Crippen LogP) is 5.10. The average molecular weight is 969 g/mol. The van der Waals surface area contributed by atoms with Gasteiger partial charge in [0.1, 0.15) is 67.6 Å². The van der Waals surface area contributed by atoms with Gasteiger partial charge >= 0.3 is 19.8 Å². The lowest BCUT2D eigenvalue weighted by molar-refractivity contribution is -0.338. The van der Waals surface area contributed by atoms with Crippen molar-refractivity contribution in [3.05, 3.63) is 24.3 Å². The monoisotopic (exact) mass is 969 g/mol. The Morgan fingerprint density at radius 2 is 1.00 bits per heavy atom. The first-order chi connectivity index (χ1) is 31.7. The molecule has 9 N–H and O–H groups in total. The van der Waals surface area contributed by atoms with Crippen LogP contribution in [0.3, 0.4) is 0 Å². The van der Waals surface area contributed by atoms with Crippen LogP contribution in [-0.2, 0) is 42.1 Å². The molecule has 0 aromatic carbocycles. The van der Waals surface area contributed by atoms with E-state index >= 15 is 0 Å². The van der Waals surface area contributed by atoms with Gasteiger partial charge in [-0.05, 0) is 64.2 Å². The van der Waals surface area contributed by atoms with Crippen LogP contribution in [0, 0.1) is 0 Å². The molecule has 0 radical (unpaired) electrons. The Hall–Kier alpha value is -1.87. The van der Waals surface area contributed by atoms with Gasteiger partial charge in [0.2, 0.25) is 0 Å². The second-order valence-electron chi connectivity index (χ2n) is 17.6. The molecule has 1 saturated heterocycles. The number of hydrogen-bond donors (Lipinski definition) is 9. The van der Waals surface area contributed by atoms with Crippen LogP contribution in [0.5, 0.6) is 0 Å². The first kappa shape index (κ1) is 60.3. The van der Waals surface area contributed by atoms with Crippen LogP contribution in [-0.4, -0.2) is 151 Å². The van der Waals surface area contributed by atoms with E-state index in [2.05, 4.69) is 38.2 Å². The Morgan fingerprint density at radius 3 is 1.50 bits per heavy atom. The van der Waals surface area contributed by atoms with Crippen molar-refractivity contribution in [1.29, 1.82) is 0 Å². The Morgan fingerprint density at radius 1 is 0.561 bits per heavy atom. The van der Waals surface area contributed by atoms with Crippen LogP contribution in [0.15, 0.2) is 24.3 Å². The van der Waals surface area contributed by atoms with Crippen molar-refractivity contribution in [3.63, 3.8) is 0 Å². The van der Waals surface area contributed by atoms with Crippen LogP contribution >= 0.6 is 7.82 Å². The summed E-state index contributed by atoms with van der Waals surface area (Å²) in [5, 5.41) is 82.8. The van der Waals surface area contributed by atoms with Gasteiger partial charge in [0.15, 0.2) is 12.4 Å². The molecule has 1 aliphatic heterocycles. The molecule has 2 fully saturated rings. The Labute approximate surface area is 392 Å². The number of hydrogen-bond acceptors (Lipinski definition) is 17. The molecule has 13 atom stereocenters. The summed E-state index contributed by atoms with van der Waals surface area (Å²) in [4.78, 5) is 36.4. The molecular formula is C47H85O18P. The topological polar surface area (TPSA) is 289 Å². The van der Waals surface area contributed by atoms with Gasteiger partial charge in [0, 0.05) is 12.8 Å². The molecule has 0 spiro atoms. The second kappa shape index (κ2) is 35.3. The van der Waals surface area contributed by atoms with E-state index in [-0.39, 0.29) is 12.8 Å². The summed E-state index contributed by atoms with van der Waals surface area (Å²) in [5.74, 6) is -1.25. The predicted molar refractivity (Wildman–Crippen MR) is 245 cm³/mol. The molecule has 19 heteroatoms. The van der Waals surface area contributed by atoms with Gasteiger partial charge in [0.05, 0.1) is 13.2 Å². The largest absolute Gasteiger partial charge is 0.472 e. The molecule has 0 aromatic heterocycles. The van der Waals surface area contributed by atoms with E-state index in [1.807, 2.05) is 0 Å². The molecule has 2 aliphatic rings. The zero-order chi connectivity index (χ0) is 48.7. The quantitative estimate of drug-likeness (QED) is 0.0169. The van der Waals surface area contributed by atoms with E-state index in [0.717, 1.165) is 51.4 Å². The minimum absolute atomic E-state index is 0.00987. The van der Waals surface area contributed by atoms with Crippen LogP contribution in [0.4, 0.5) is 0 Å². The summed E-state index contributed by atoms with van der Waals surface area (Å²) in [5.41, 5.74) is 0. The molecule has 1 aliphatic carbocycles. The molecule has 66 heavy (non-hydrogen) atoms. The number of unbranched alkanes of at least 4 members (excludes halogenated alkanes) is 18. The maximum absolute atomic E-state index is 13.4. The summed E-state index contributed by atoms with van der Waals surface area (Å²) >= 11 is 0. The number of carbonyl (C=O) groups excluding carboxylic acids is 2. The highest BCUT2D eigenvalue weighted by Crippen LogP contribution is 2.48. The molecule has 1 heterocycles. The maximum Gasteiger partial charge on any atom is 0.472 e. The Bertz CT molecular complexity index is 1380. The van der Waals surface area contributed by atoms with Gasteiger partial charge in [-0.3, -0.25) is 18.6 Å². The minimum Gasteiger partial charge on any atom is -0.462 e.